The van der Waals surface area contributed by atoms with Crippen LogP contribution in [0.15, 0.2) is 22.8 Å². The number of hydrogen-bond acceptors (Lipinski definition) is 4. The zero-order chi connectivity index (χ0) is 15.1. The molecule has 1 aromatic heterocycles. The largest absolute Gasteiger partial charge is 0.459 e. The van der Waals surface area contributed by atoms with Gasteiger partial charge in [0.05, 0.1) is 12.4 Å². The van der Waals surface area contributed by atoms with Gasteiger partial charge < -0.3 is 20.2 Å². The summed E-state index contributed by atoms with van der Waals surface area (Å²) in [6, 6.07) is 2.42. The third-order valence-corrected chi connectivity index (χ3v) is 3.27. The van der Waals surface area contributed by atoms with Crippen LogP contribution >= 0.6 is 0 Å². The van der Waals surface area contributed by atoms with E-state index in [1.807, 2.05) is 13.8 Å². The molecule has 3 N–H and O–H groups in total. The molecule has 0 aromatic carbocycles. The van der Waals surface area contributed by atoms with Crippen molar-refractivity contribution >= 4 is 11.8 Å². The first-order chi connectivity index (χ1) is 9.45. The Morgan fingerprint density at radius 2 is 2.10 bits per heavy atom. The van der Waals surface area contributed by atoms with E-state index in [4.69, 9.17) is 4.42 Å². The van der Waals surface area contributed by atoms with Gasteiger partial charge in [0.25, 0.3) is 5.91 Å². The number of furan rings is 1. The van der Waals surface area contributed by atoms with Gasteiger partial charge in [0.2, 0.25) is 5.91 Å². The van der Waals surface area contributed by atoms with E-state index in [0.29, 0.717) is 0 Å². The average Bonchev–Trinajstić information content (AvgIpc) is 2.97. The van der Waals surface area contributed by atoms with Crippen molar-refractivity contribution in [3.63, 3.8) is 0 Å². The van der Waals surface area contributed by atoms with Gasteiger partial charge in [-0.15, -0.1) is 0 Å². The Morgan fingerprint density at radius 3 is 2.65 bits per heavy atom. The molecule has 0 bridgehead atoms. The molecule has 6 nitrogen and oxygen atoms in total. The highest BCUT2D eigenvalue weighted by molar-refractivity contribution is 5.95. The SMILES string of the molecule is CCC(C)C(O)CNC(=O)C(C)NC(=O)c1ccco1. The number of aliphatic hydroxyl groups is 1. The molecule has 0 saturated heterocycles. The molecular formula is C14H22N2O4. The van der Waals surface area contributed by atoms with Gasteiger partial charge in [-0.25, -0.2) is 0 Å². The van der Waals surface area contributed by atoms with Crippen molar-refractivity contribution in [2.45, 2.75) is 39.3 Å². The van der Waals surface area contributed by atoms with Crippen molar-refractivity contribution in [2.24, 2.45) is 5.92 Å². The van der Waals surface area contributed by atoms with Crippen LogP contribution in [0.3, 0.4) is 0 Å². The zero-order valence-corrected chi connectivity index (χ0v) is 12.1. The Balaban J connectivity index is 2.38. The number of carbonyl (C=O) groups is 2. The third-order valence-electron chi connectivity index (χ3n) is 3.27. The van der Waals surface area contributed by atoms with Crippen molar-refractivity contribution in [3.05, 3.63) is 24.2 Å². The van der Waals surface area contributed by atoms with Gasteiger partial charge in [-0.05, 0) is 25.0 Å². The fourth-order valence-electron chi connectivity index (χ4n) is 1.57. The fourth-order valence-corrected chi connectivity index (χ4v) is 1.57. The number of rotatable bonds is 7. The molecule has 0 aliphatic heterocycles. The maximum Gasteiger partial charge on any atom is 0.287 e. The summed E-state index contributed by atoms with van der Waals surface area (Å²) in [4.78, 5) is 23.5. The summed E-state index contributed by atoms with van der Waals surface area (Å²) in [5, 5.41) is 14.9. The number of amides is 2. The molecule has 6 heteroatoms. The summed E-state index contributed by atoms with van der Waals surface area (Å²) in [5.41, 5.74) is 0. The van der Waals surface area contributed by atoms with Crippen LogP contribution in [-0.4, -0.2) is 35.6 Å². The van der Waals surface area contributed by atoms with Crippen molar-refractivity contribution in [2.75, 3.05) is 6.54 Å². The molecule has 112 valence electrons. The summed E-state index contributed by atoms with van der Waals surface area (Å²) in [5.74, 6) is -0.514. The first-order valence-electron chi connectivity index (χ1n) is 6.75. The number of hydrogen-bond donors (Lipinski definition) is 3. The quantitative estimate of drug-likeness (QED) is 0.693. The standard InChI is InChI=1S/C14H22N2O4/c1-4-9(2)11(17)8-15-13(18)10(3)16-14(19)12-6-5-7-20-12/h5-7,9-11,17H,4,8H2,1-3H3,(H,15,18)(H,16,19). The highest BCUT2D eigenvalue weighted by atomic mass is 16.3. The molecule has 2 amide bonds. The maximum atomic E-state index is 11.8. The van der Waals surface area contributed by atoms with E-state index in [1.165, 1.54) is 12.3 Å². The lowest BCUT2D eigenvalue weighted by Gasteiger charge is -2.19. The summed E-state index contributed by atoms with van der Waals surface area (Å²) in [6.07, 6.45) is 1.64. The van der Waals surface area contributed by atoms with Gasteiger partial charge in [-0.3, -0.25) is 9.59 Å². The van der Waals surface area contributed by atoms with Gasteiger partial charge >= 0.3 is 0 Å². The summed E-state index contributed by atoms with van der Waals surface area (Å²) < 4.78 is 4.94. The van der Waals surface area contributed by atoms with Crippen LogP contribution in [0.2, 0.25) is 0 Å². The van der Waals surface area contributed by atoms with E-state index in [-0.39, 0.29) is 24.1 Å². The molecule has 0 saturated carbocycles. The van der Waals surface area contributed by atoms with E-state index < -0.39 is 18.1 Å². The van der Waals surface area contributed by atoms with Crippen LogP contribution in [0.5, 0.6) is 0 Å². The lowest BCUT2D eigenvalue weighted by atomic mass is 10.0. The van der Waals surface area contributed by atoms with E-state index in [2.05, 4.69) is 10.6 Å². The van der Waals surface area contributed by atoms with Crippen molar-refractivity contribution < 1.29 is 19.1 Å². The van der Waals surface area contributed by atoms with Crippen LogP contribution in [0.1, 0.15) is 37.7 Å². The number of carbonyl (C=O) groups excluding carboxylic acids is 2. The number of aliphatic hydroxyl groups excluding tert-OH is 1. The van der Waals surface area contributed by atoms with Crippen molar-refractivity contribution in [1.82, 2.24) is 10.6 Å². The van der Waals surface area contributed by atoms with Crippen LogP contribution in [0, 0.1) is 5.92 Å². The monoisotopic (exact) mass is 282 g/mol. The molecule has 0 fully saturated rings. The van der Waals surface area contributed by atoms with Gasteiger partial charge in [-0.1, -0.05) is 20.3 Å². The van der Waals surface area contributed by atoms with Crippen LogP contribution in [0.4, 0.5) is 0 Å². The predicted octanol–water partition coefficient (Wildman–Crippen LogP) is 0.921. The average molecular weight is 282 g/mol. The summed E-state index contributed by atoms with van der Waals surface area (Å²) in [6.45, 7) is 5.64. The first kappa shape index (κ1) is 16.2. The third kappa shape index (κ3) is 4.70. The molecular weight excluding hydrogens is 260 g/mol. The second-order valence-corrected chi connectivity index (χ2v) is 4.87. The molecule has 0 radical (unpaired) electrons. The summed E-state index contributed by atoms with van der Waals surface area (Å²) in [7, 11) is 0. The van der Waals surface area contributed by atoms with Gasteiger partial charge in [-0.2, -0.15) is 0 Å². The minimum Gasteiger partial charge on any atom is -0.459 e. The van der Waals surface area contributed by atoms with Crippen LogP contribution in [-0.2, 0) is 4.79 Å². The van der Waals surface area contributed by atoms with Crippen molar-refractivity contribution in [3.8, 4) is 0 Å². The van der Waals surface area contributed by atoms with Gasteiger partial charge in [0.1, 0.15) is 6.04 Å². The van der Waals surface area contributed by atoms with E-state index in [9.17, 15) is 14.7 Å². The second kappa shape index (κ2) is 7.69. The van der Waals surface area contributed by atoms with Gasteiger partial charge in [0, 0.05) is 6.54 Å². The normalized spacial score (nSPS) is 15.2. The highest BCUT2D eigenvalue weighted by Crippen LogP contribution is 2.06. The van der Waals surface area contributed by atoms with E-state index >= 15 is 0 Å². The second-order valence-electron chi connectivity index (χ2n) is 4.87. The molecule has 1 heterocycles. The Bertz CT molecular complexity index is 430. The molecule has 0 aliphatic rings. The maximum absolute atomic E-state index is 11.8. The lowest BCUT2D eigenvalue weighted by Crippen LogP contribution is -2.47. The topological polar surface area (TPSA) is 91.6 Å². The fraction of sp³-hybridized carbons (Fsp3) is 0.571. The molecule has 1 aromatic rings. The van der Waals surface area contributed by atoms with Crippen LogP contribution in [0.25, 0.3) is 0 Å². The Hall–Kier alpha value is -1.82. The van der Waals surface area contributed by atoms with E-state index in [1.54, 1.807) is 13.0 Å². The minimum atomic E-state index is -0.697. The van der Waals surface area contributed by atoms with Gasteiger partial charge in [0.15, 0.2) is 5.76 Å². The summed E-state index contributed by atoms with van der Waals surface area (Å²) >= 11 is 0. The minimum absolute atomic E-state index is 0.114. The Morgan fingerprint density at radius 1 is 1.40 bits per heavy atom. The van der Waals surface area contributed by atoms with E-state index in [0.717, 1.165) is 6.42 Å². The molecule has 20 heavy (non-hydrogen) atoms. The number of nitrogens with one attached hydrogen (secondary N) is 2. The smallest absolute Gasteiger partial charge is 0.287 e. The highest BCUT2D eigenvalue weighted by Gasteiger charge is 2.19. The zero-order valence-electron chi connectivity index (χ0n) is 12.1. The molecule has 0 spiro atoms. The lowest BCUT2D eigenvalue weighted by molar-refractivity contribution is -0.123. The Kier molecular flexibility index (Phi) is 6.24. The molecule has 1 rings (SSSR count). The molecule has 3 atom stereocenters. The predicted molar refractivity (Wildman–Crippen MR) is 74.1 cm³/mol. The first-order valence-corrected chi connectivity index (χ1v) is 6.75. The van der Waals surface area contributed by atoms with Crippen molar-refractivity contribution in [1.29, 1.82) is 0 Å². The molecule has 3 unspecified atom stereocenters. The molecule has 0 aliphatic carbocycles. The Labute approximate surface area is 118 Å². The van der Waals surface area contributed by atoms with Crippen LogP contribution < -0.4 is 10.6 Å².